The number of anilines is 1. The van der Waals surface area contributed by atoms with Crippen LogP contribution in [0, 0.1) is 0 Å². The van der Waals surface area contributed by atoms with E-state index in [1.807, 2.05) is 0 Å². The molecule has 0 radical (unpaired) electrons. The number of aliphatic hydroxyl groups is 1. The highest BCUT2D eigenvalue weighted by Crippen LogP contribution is 2.28. The van der Waals surface area contributed by atoms with E-state index in [2.05, 4.69) is 15.9 Å². The van der Waals surface area contributed by atoms with E-state index in [0.717, 1.165) is 0 Å². The maximum atomic E-state index is 12.4. The van der Waals surface area contributed by atoms with Crippen molar-refractivity contribution < 1.29 is 13.5 Å². The lowest BCUT2D eigenvalue weighted by Gasteiger charge is -2.29. The van der Waals surface area contributed by atoms with E-state index in [4.69, 9.17) is 5.73 Å². The lowest BCUT2D eigenvalue weighted by molar-refractivity contribution is 0.108. The zero-order chi connectivity index (χ0) is 13.3. The van der Waals surface area contributed by atoms with E-state index in [0.29, 0.717) is 29.5 Å². The van der Waals surface area contributed by atoms with Gasteiger partial charge in [-0.1, -0.05) is 0 Å². The summed E-state index contributed by atoms with van der Waals surface area (Å²) in [6, 6.07) is 4.68. The Morgan fingerprint density at radius 1 is 1.44 bits per heavy atom. The monoisotopic (exact) mass is 334 g/mol. The van der Waals surface area contributed by atoms with E-state index in [-0.39, 0.29) is 11.4 Å². The molecular formula is C11H15BrN2O3S. The molecule has 1 heterocycles. The van der Waals surface area contributed by atoms with Gasteiger partial charge >= 0.3 is 0 Å². The Hall–Kier alpha value is -0.630. The third-order valence-electron chi connectivity index (χ3n) is 2.93. The van der Waals surface area contributed by atoms with Gasteiger partial charge in [0.2, 0.25) is 10.0 Å². The fourth-order valence-electron chi connectivity index (χ4n) is 2.00. The average molecular weight is 335 g/mol. The van der Waals surface area contributed by atoms with Crippen LogP contribution in [0.3, 0.4) is 0 Å². The second kappa shape index (κ2) is 5.16. The van der Waals surface area contributed by atoms with Crippen molar-refractivity contribution in [3.63, 3.8) is 0 Å². The van der Waals surface area contributed by atoms with Crippen molar-refractivity contribution in [3.05, 3.63) is 22.7 Å². The quantitative estimate of drug-likeness (QED) is 0.795. The third-order valence-corrected chi connectivity index (χ3v) is 5.79. The molecule has 1 aliphatic rings. The Bertz CT molecular complexity index is 547. The van der Waals surface area contributed by atoms with Crippen LogP contribution in [0.5, 0.6) is 0 Å². The van der Waals surface area contributed by atoms with Gasteiger partial charge in [0.15, 0.2) is 0 Å². The Kier molecular flexibility index (Phi) is 3.96. The Labute approximate surface area is 115 Å². The van der Waals surface area contributed by atoms with E-state index >= 15 is 0 Å². The van der Waals surface area contributed by atoms with Crippen LogP contribution < -0.4 is 5.73 Å². The summed E-state index contributed by atoms with van der Waals surface area (Å²) in [6.45, 7) is 0.574. The van der Waals surface area contributed by atoms with Gasteiger partial charge in [0.1, 0.15) is 0 Å². The van der Waals surface area contributed by atoms with Crippen molar-refractivity contribution >= 4 is 31.6 Å². The van der Waals surface area contributed by atoms with Crippen LogP contribution in [0.4, 0.5) is 5.69 Å². The number of nitrogens with zero attached hydrogens (tertiary/aromatic N) is 1. The van der Waals surface area contributed by atoms with Crippen molar-refractivity contribution in [2.75, 3.05) is 18.8 Å². The smallest absolute Gasteiger partial charge is 0.244 e. The first-order chi connectivity index (χ1) is 8.41. The van der Waals surface area contributed by atoms with E-state index in [1.165, 1.54) is 10.4 Å². The first-order valence-electron chi connectivity index (χ1n) is 5.64. The summed E-state index contributed by atoms with van der Waals surface area (Å²) in [5.41, 5.74) is 6.03. The molecular weight excluding hydrogens is 320 g/mol. The SMILES string of the molecule is Nc1ccc(Br)c(S(=O)(=O)N2CCCC(O)C2)c1. The topological polar surface area (TPSA) is 83.6 Å². The second-order valence-electron chi connectivity index (χ2n) is 4.35. The van der Waals surface area contributed by atoms with Crippen LogP contribution in [0.1, 0.15) is 12.8 Å². The van der Waals surface area contributed by atoms with Crippen molar-refractivity contribution in [1.82, 2.24) is 4.31 Å². The van der Waals surface area contributed by atoms with Gasteiger partial charge in [0.25, 0.3) is 0 Å². The van der Waals surface area contributed by atoms with E-state index in [9.17, 15) is 13.5 Å². The van der Waals surface area contributed by atoms with Crippen molar-refractivity contribution in [2.45, 2.75) is 23.8 Å². The molecule has 0 aliphatic carbocycles. The number of halogens is 1. The molecule has 3 N–H and O–H groups in total. The molecule has 1 aromatic carbocycles. The molecule has 1 aliphatic heterocycles. The lowest BCUT2D eigenvalue weighted by atomic mass is 10.1. The third kappa shape index (κ3) is 2.69. The lowest BCUT2D eigenvalue weighted by Crippen LogP contribution is -2.42. The zero-order valence-electron chi connectivity index (χ0n) is 9.71. The summed E-state index contributed by atoms with van der Waals surface area (Å²) in [4.78, 5) is 0.150. The molecule has 0 spiro atoms. The summed E-state index contributed by atoms with van der Waals surface area (Å²) in [6.07, 6.45) is 0.720. The molecule has 1 fully saturated rings. The molecule has 100 valence electrons. The van der Waals surface area contributed by atoms with Gasteiger partial charge < -0.3 is 10.8 Å². The van der Waals surface area contributed by atoms with Gasteiger partial charge in [-0.3, -0.25) is 0 Å². The molecule has 1 aromatic rings. The summed E-state index contributed by atoms with van der Waals surface area (Å²) in [5, 5.41) is 9.57. The highest BCUT2D eigenvalue weighted by Gasteiger charge is 2.30. The van der Waals surface area contributed by atoms with Gasteiger partial charge in [-0.05, 0) is 47.0 Å². The summed E-state index contributed by atoms with van der Waals surface area (Å²) < 4.78 is 26.7. The zero-order valence-corrected chi connectivity index (χ0v) is 12.1. The first kappa shape index (κ1) is 13.8. The van der Waals surface area contributed by atoms with Crippen molar-refractivity contribution in [1.29, 1.82) is 0 Å². The predicted octanol–water partition coefficient (Wildman–Crippen LogP) is 1.18. The number of benzene rings is 1. The van der Waals surface area contributed by atoms with Gasteiger partial charge in [0.05, 0.1) is 11.0 Å². The van der Waals surface area contributed by atoms with E-state index in [1.54, 1.807) is 12.1 Å². The largest absolute Gasteiger partial charge is 0.399 e. The van der Waals surface area contributed by atoms with Crippen LogP contribution in [0.2, 0.25) is 0 Å². The molecule has 0 aromatic heterocycles. The van der Waals surface area contributed by atoms with Crippen LogP contribution in [-0.4, -0.2) is 37.0 Å². The fraction of sp³-hybridized carbons (Fsp3) is 0.455. The summed E-state index contributed by atoms with van der Waals surface area (Å²) >= 11 is 3.22. The van der Waals surface area contributed by atoms with Crippen molar-refractivity contribution in [2.24, 2.45) is 0 Å². The molecule has 5 nitrogen and oxygen atoms in total. The number of β-amino-alcohol motifs (C(OH)–C–C–N with tert-alkyl or cyclic N) is 1. The number of hydrogen-bond acceptors (Lipinski definition) is 4. The van der Waals surface area contributed by atoms with Crippen LogP contribution in [-0.2, 0) is 10.0 Å². The minimum atomic E-state index is -3.60. The predicted molar refractivity (Wildman–Crippen MR) is 72.6 cm³/mol. The number of piperidine rings is 1. The van der Waals surface area contributed by atoms with Crippen LogP contribution in [0.25, 0.3) is 0 Å². The maximum absolute atomic E-state index is 12.4. The number of hydrogen-bond donors (Lipinski definition) is 2. The molecule has 0 saturated carbocycles. The normalized spacial score (nSPS) is 22.0. The van der Waals surface area contributed by atoms with Crippen LogP contribution >= 0.6 is 15.9 Å². The molecule has 0 bridgehead atoms. The van der Waals surface area contributed by atoms with Gasteiger partial charge in [0, 0.05) is 23.2 Å². The molecule has 1 saturated heterocycles. The minimum absolute atomic E-state index is 0.142. The number of rotatable bonds is 2. The van der Waals surface area contributed by atoms with Crippen molar-refractivity contribution in [3.8, 4) is 0 Å². The Morgan fingerprint density at radius 2 is 2.17 bits per heavy atom. The molecule has 1 unspecified atom stereocenters. The van der Waals surface area contributed by atoms with Gasteiger partial charge in [-0.15, -0.1) is 0 Å². The first-order valence-corrected chi connectivity index (χ1v) is 7.88. The number of sulfonamides is 1. The summed E-state index contributed by atoms with van der Waals surface area (Å²) in [5.74, 6) is 0. The van der Waals surface area contributed by atoms with E-state index < -0.39 is 16.1 Å². The number of nitrogens with two attached hydrogens (primary N) is 1. The molecule has 1 atom stereocenters. The molecule has 2 rings (SSSR count). The van der Waals surface area contributed by atoms with Gasteiger partial charge in [-0.2, -0.15) is 4.31 Å². The second-order valence-corrected chi connectivity index (χ2v) is 7.11. The van der Waals surface area contributed by atoms with Crippen LogP contribution in [0.15, 0.2) is 27.6 Å². The highest BCUT2D eigenvalue weighted by molar-refractivity contribution is 9.10. The fourth-order valence-corrected chi connectivity index (χ4v) is 4.47. The molecule has 0 amide bonds. The summed E-state index contributed by atoms with van der Waals surface area (Å²) in [7, 11) is -3.60. The van der Waals surface area contributed by atoms with Gasteiger partial charge in [-0.25, -0.2) is 8.42 Å². The molecule has 7 heteroatoms. The highest BCUT2D eigenvalue weighted by atomic mass is 79.9. The Balaban J connectivity index is 2.38. The maximum Gasteiger partial charge on any atom is 0.244 e. The Morgan fingerprint density at radius 3 is 2.83 bits per heavy atom. The molecule has 18 heavy (non-hydrogen) atoms. The number of nitrogen functional groups attached to an aromatic ring is 1. The standard InChI is InChI=1S/C11H15BrN2O3S/c12-10-4-3-8(13)6-11(10)18(16,17)14-5-1-2-9(15)7-14/h3-4,6,9,15H,1-2,5,7,13H2. The number of aliphatic hydroxyl groups excluding tert-OH is 1. The minimum Gasteiger partial charge on any atom is -0.399 e. The average Bonchev–Trinajstić information content (AvgIpc) is 2.32.